The molecule has 0 amide bonds. The highest BCUT2D eigenvalue weighted by atomic mass is 16.5. The Bertz CT molecular complexity index is 382. The van der Waals surface area contributed by atoms with Crippen LogP contribution in [0.4, 0.5) is 0 Å². The van der Waals surface area contributed by atoms with Crippen molar-refractivity contribution >= 4 is 11.5 Å². The molecule has 0 fully saturated rings. The summed E-state index contributed by atoms with van der Waals surface area (Å²) in [5.41, 5.74) is 1.95. The maximum absolute atomic E-state index is 11.3. The van der Waals surface area contributed by atoms with Crippen molar-refractivity contribution in [2.24, 2.45) is 0 Å². The molecule has 0 heterocycles. The average Bonchev–Trinajstić information content (AvgIpc) is 2.37. The normalized spacial score (nSPS) is 13.2. The van der Waals surface area contributed by atoms with Gasteiger partial charge in [-0.05, 0) is 25.0 Å². The average molecular weight is 234 g/mol. The number of benzene rings is 1. The van der Waals surface area contributed by atoms with Crippen LogP contribution < -0.4 is 0 Å². The van der Waals surface area contributed by atoms with E-state index in [0.29, 0.717) is 0 Å². The predicted molar refractivity (Wildman–Crippen MR) is 67.3 cm³/mol. The monoisotopic (exact) mass is 234 g/mol. The molecule has 92 valence electrons. The molecule has 1 rings (SSSR count). The highest BCUT2D eigenvalue weighted by Gasteiger charge is 2.18. The smallest absolute Gasteiger partial charge is 0.335 e. The van der Waals surface area contributed by atoms with Crippen LogP contribution >= 0.6 is 0 Å². The van der Waals surface area contributed by atoms with Gasteiger partial charge in [0.15, 0.2) is 6.10 Å². The fraction of sp³-hybridized carbons (Fsp3) is 0.357. The summed E-state index contributed by atoms with van der Waals surface area (Å²) in [5.74, 6) is -0.567. The molecule has 0 spiro atoms. The largest absolute Gasteiger partial charge is 0.464 e. The van der Waals surface area contributed by atoms with Crippen LogP contribution in [-0.4, -0.2) is 23.8 Å². The van der Waals surface area contributed by atoms with E-state index >= 15 is 0 Å². The van der Waals surface area contributed by atoms with Crippen molar-refractivity contribution in [3.05, 3.63) is 42.0 Å². The number of ether oxygens (including phenoxy) is 1. The number of esters is 1. The second-order valence-corrected chi connectivity index (χ2v) is 3.65. The molecule has 1 unspecified atom stereocenters. The van der Waals surface area contributed by atoms with Crippen molar-refractivity contribution in [2.75, 3.05) is 6.61 Å². The summed E-state index contributed by atoms with van der Waals surface area (Å²) in [4.78, 5) is 11.3. The lowest BCUT2D eigenvalue weighted by atomic mass is 10.00. The van der Waals surface area contributed by atoms with Gasteiger partial charge in [-0.15, -0.1) is 0 Å². The van der Waals surface area contributed by atoms with Crippen molar-refractivity contribution in [2.45, 2.75) is 26.4 Å². The number of rotatable bonds is 5. The van der Waals surface area contributed by atoms with Gasteiger partial charge in [-0.25, -0.2) is 4.79 Å². The third-order valence-electron chi connectivity index (χ3n) is 2.46. The van der Waals surface area contributed by atoms with Crippen LogP contribution in [0.1, 0.15) is 25.8 Å². The first kappa shape index (κ1) is 13.5. The Kier molecular flexibility index (Phi) is 5.43. The van der Waals surface area contributed by atoms with E-state index in [-0.39, 0.29) is 13.0 Å². The van der Waals surface area contributed by atoms with Gasteiger partial charge in [0.1, 0.15) is 0 Å². The zero-order chi connectivity index (χ0) is 12.7. The fourth-order valence-corrected chi connectivity index (χ4v) is 1.58. The lowest BCUT2D eigenvalue weighted by Gasteiger charge is -2.12. The van der Waals surface area contributed by atoms with Gasteiger partial charge in [0.05, 0.1) is 6.61 Å². The highest BCUT2D eigenvalue weighted by molar-refractivity contribution is 5.78. The molecule has 1 atom stereocenters. The number of allylic oxidation sites excluding steroid dienone is 1. The Hall–Kier alpha value is -1.61. The minimum absolute atomic E-state index is 0.277. The summed E-state index contributed by atoms with van der Waals surface area (Å²) < 4.78 is 4.77. The van der Waals surface area contributed by atoms with Gasteiger partial charge in [0, 0.05) is 6.42 Å². The van der Waals surface area contributed by atoms with Crippen LogP contribution in [0.3, 0.4) is 0 Å². The topological polar surface area (TPSA) is 46.5 Å². The van der Waals surface area contributed by atoms with Gasteiger partial charge in [-0.3, -0.25) is 0 Å². The van der Waals surface area contributed by atoms with Gasteiger partial charge in [-0.1, -0.05) is 36.4 Å². The zero-order valence-corrected chi connectivity index (χ0v) is 10.2. The summed E-state index contributed by atoms with van der Waals surface area (Å²) in [5, 5.41) is 9.70. The van der Waals surface area contributed by atoms with Crippen molar-refractivity contribution in [1.82, 2.24) is 0 Å². The first-order valence-corrected chi connectivity index (χ1v) is 5.74. The molecule has 0 aliphatic carbocycles. The molecule has 0 radical (unpaired) electrons. The Balaban J connectivity index is 2.69. The summed E-state index contributed by atoms with van der Waals surface area (Å²) in [7, 11) is 0. The van der Waals surface area contributed by atoms with Gasteiger partial charge in [-0.2, -0.15) is 0 Å². The maximum atomic E-state index is 11.3. The van der Waals surface area contributed by atoms with E-state index in [0.717, 1.165) is 11.1 Å². The summed E-state index contributed by atoms with van der Waals surface area (Å²) >= 11 is 0. The van der Waals surface area contributed by atoms with Crippen LogP contribution in [0.15, 0.2) is 36.4 Å². The van der Waals surface area contributed by atoms with E-state index in [1.54, 1.807) is 6.92 Å². The van der Waals surface area contributed by atoms with Crippen molar-refractivity contribution in [3.63, 3.8) is 0 Å². The molecular weight excluding hydrogens is 216 g/mol. The molecule has 17 heavy (non-hydrogen) atoms. The standard InChI is InChI=1S/C14H18O3/c1-3-11(12-8-6-5-7-9-12)10-13(15)14(16)17-4-2/h3,5-9,13,15H,4,10H2,1-2H3/b11-3+. The summed E-state index contributed by atoms with van der Waals surface area (Å²) in [6, 6.07) is 9.68. The van der Waals surface area contributed by atoms with Gasteiger partial charge < -0.3 is 9.84 Å². The Morgan fingerprint density at radius 2 is 2.06 bits per heavy atom. The second-order valence-electron chi connectivity index (χ2n) is 3.65. The van der Waals surface area contributed by atoms with Gasteiger partial charge >= 0.3 is 5.97 Å². The van der Waals surface area contributed by atoms with Crippen LogP contribution in [0.25, 0.3) is 5.57 Å². The lowest BCUT2D eigenvalue weighted by Crippen LogP contribution is -2.23. The number of aliphatic hydroxyl groups is 1. The minimum atomic E-state index is -1.10. The number of carbonyl (C=O) groups excluding carboxylic acids is 1. The highest BCUT2D eigenvalue weighted by Crippen LogP contribution is 2.20. The Morgan fingerprint density at radius 1 is 1.41 bits per heavy atom. The number of carbonyl (C=O) groups is 1. The maximum Gasteiger partial charge on any atom is 0.335 e. The zero-order valence-electron chi connectivity index (χ0n) is 10.2. The molecule has 0 saturated carbocycles. The molecule has 3 heteroatoms. The van der Waals surface area contributed by atoms with Crippen LogP contribution in [0.5, 0.6) is 0 Å². The molecule has 0 saturated heterocycles. The van der Waals surface area contributed by atoms with E-state index in [1.165, 1.54) is 0 Å². The molecule has 3 nitrogen and oxygen atoms in total. The molecule has 1 aromatic carbocycles. The van der Waals surface area contributed by atoms with E-state index in [2.05, 4.69) is 0 Å². The Morgan fingerprint density at radius 3 is 2.59 bits per heavy atom. The SMILES string of the molecule is C/C=C(\CC(O)C(=O)OCC)c1ccccc1. The molecule has 0 bridgehead atoms. The number of hydrogen-bond donors (Lipinski definition) is 1. The first-order chi connectivity index (χ1) is 8.19. The minimum Gasteiger partial charge on any atom is -0.464 e. The molecular formula is C14H18O3. The summed E-state index contributed by atoms with van der Waals surface area (Å²) in [6.45, 7) is 3.89. The van der Waals surface area contributed by atoms with Crippen LogP contribution in [0, 0.1) is 0 Å². The van der Waals surface area contributed by atoms with Gasteiger partial charge in [0.2, 0.25) is 0 Å². The van der Waals surface area contributed by atoms with E-state index in [4.69, 9.17) is 4.74 Å². The van der Waals surface area contributed by atoms with E-state index in [1.807, 2.05) is 43.3 Å². The number of aliphatic hydroxyl groups excluding tert-OH is 1. The third-order valence-corrected chi connectivity index (χ3v) is 2.46. The number of hydrogen-bond acceptors (Lipinski definition) is 3. The van der Waals surface area contributed by atoms with Crippen LogP contribution in [0.2, 0.25) is 0 Å². The molecule has 0 aliphatic rings. The first-order valence-electron chi connectivity index (χ1n) is 5.74. The molecule has 0 aromatic heterocycles. The third kappa shape index (κ3) is 4.04. The van der Waals surface area contributed by atoms with Crippen molar-refractivity contribution in [1.29, 1.82) is 0 Å². The predicted octanol–water partition coefficient (Wildman–Crippen LogP) is 2.40. The molecule has 1 aromatic rings. The van der Waals surface area contributed by atoms with E-state index in [9.17, 15) is 9.90 Å². The summed E-state index contributed by atoms with van der Waals surface area (Å²) in [6.07, 6.45) is 1.08. The van der Waals surface area contributed by atoms with E-state index < -0.39 is 12.1 Å². The Labute approximate surface area is 102 Å². The lowest BCUT2D eigenvalue weighted by molar-refractivity contribution is -0.152. The van der Waals surface area contributed by atoms with Crippen LogP contribution in [-0.2, 0) is 9.53 Å². The van der Waals surface area contributed by atoms with Gasteiger partial charge in [0.25, 0.3) is 0 Å². The molecule has 0 aliphatic heterocycles. The quantitative estimate of drug-likeness (QED) is 0.796. The second kappa shape index (κ2) is 6.86. The van der Waals surface area contributed by atoms with Crippen molar-refractivity contribution < 1.29 is 14.6 Å². The fourth-order valence-electron chi connectivity index (χ4n) is 1.58. The van der Waals surface area contributed by atoms with Crippen molar-refractivity contribution in [3.8, 4) is 0 Å². The molecule has 1 N–H and O–H groups in total.